The van der Waals surface area contributed by atoms with Gasteiger partial charge in [-0.25, -0.2) is 9.78 Å². The first-order valence-electron chi connectivity index (χ1n) is 8.02. The third-order valence-corrected chi connectivity index (χ3v) is 3.87. The summed E-state index contributed by atoms with van der Waals surface area (Å²) >= 11 is 0. The van der Waals surface area contributed by atoms with E-state index in [0.717, 1.165) is 11.3 Å². The Bertz CT molecular complexity index is 738. The van der Waals surface area contributed by atoms with Crippen molar-refractivity contribution < 1.29 is 19.0 Å². The lowest BCUT2D eigenvalue weighted by Gasteiger charge is -2.29. The van der Waals surface area contributed by atoms with E-state index < -0.39 is 0 Å². The van der Waals surface area contributed by atoms with Gasteiger partial charge in [-0.15, -0.1) is 0 Å². The Hall–Kier alpha value is -2.96. The van der Waals surface area contributed by atoms with Crippen molar-refractivity contribution in [3.05, 3.63) is 48.2 Å². The van der Waals surface area contributed by atoms with E-state index in [0.29, 0.717) is 31.3 Å². The summed E-state index contributed by atoms with van der Waals surface area (Å²) in [5.41, 5.74) is 0.818. The molecular weight excluding hydrogens is 322 g/mol. The highest BCUT2D eigenvalue weighted by Crippen LogP contribution is 2.30. The van der Waals surface area contributed by atoms with Crippen LogP contribution in [0, 0.1) is 0 Å². The molecule has 2 amide bonds. The van der Waals surface area contributed by atoms with Crippen LogP contribution in [-0.4, -0.2) is 49.3 Å². The van der Waals surface area contributed by atoms with Gasteiger partial charge in [-0.3, -0.25) is 0 Å². The molecule has 1 aromatic heterocycles. The quantitative estimate of drug-likeness (QED) is 0.900. The number of ether oxygens (including phenoxy) is 3. The van der Waals surface area contributed by atoms with E-state index in [1.807, 2.05) is 30.3 Å². The maximum atomic E-state index is 12.3. The van der Waals surface area contributed by atoms with Crippen LogP contribution in [0.4, 0.5) is 4.79 Å². The number of methoxy groups -OCH3 is 1. The Morgan fingerprint density at radius 3 is 2.92 bits per heavy atom. The van der Waals surface area contributed by atoms with Crippen molar-refractivity contribution in [2.24, 2.45) is 0 Å². The molecule has 132 valence electrons. The number of fused-ring (bicyclic) bond motifs is 1. The van der Waals surface area contributed by atoms with Gasteiger partial charge >= 0.3 is 6.03 Å². The van der Waals surface area contributed by atoms with Gasteiger partial charge in [0.2, 0.25) is 5.88 Å². The fourth-order valence-electron chi connectivity index (χ4n) is 2.59. The first kappa shape index (κ1) is 16.9. The SMILES string of the molecule is COc1ncccc1CNC(=O)N(C)C[C@@H]1COc2ccccc2O1. The summed E-state index contributed by atoms with van der Waals surface area (Å²) in [5, 5.41) is 2.85. The molecule has 0 saturated heterocycles. The predicted molar refractivity (Wildman–Crippen MR) is 92.0 cm³/mol. The smallest absolute Gasteiger partial charge is 0.317 e. The van der Waals surface area contributed by atoms with E-state index in [1.54, 1.807) is 31.3 Å². The zero-order chi connectivity index (χ0) is 17.6. The zero-order valence-electron chi connectivity index (χ0n) is 14.3. The van der Waals surface area contributed by atoms with E-state index in [4.69, 9.17) is 14.2 Å². The van der Waals surface area contributed by atoms with Crippen molar-refractivity contribution in [3.63, 3.8) is 0 Å². The monoisotopic (exact) mass is 343 g/mol. The van der Waals surface area contributed by atoms with Gasteiger partial charge in [0.15, 0.2) is 17.6 Å². The minimum atomic E-state index is -0.210. The van der Waals surface area contributed by atoms with Crippen molar-refractivity contribution in [2.45, 2.75) is 12.6 Å². The first-order chi connectivity index (χ1) is 12.2. The Balaban J connectivity index is 1.51. The van der Waals surface area contributed by atoms with Gasteiger partial charge in [0.05, 0.1) is 13.7 Å². The Morgan fingerprint density at radius 1 is 1.32 bits per heavy atom. The van der Waals surface area contributed by atoms with Gasteiger partial charge in [-0.2, -0.15) is 0 Å². The zero-order valence-corrected chi connectivity index (χ0v) is 14.3. The van der Waals surface area contributed by atoms with Crippen LogP contribution >= 0.6 is 0 Å². The van der Waals surface area contributed by atoms with Crippen LogP contribution in [0.2, 0.25) is 0 Å². The molecule has 1 aliphatic heterocycles. The van der Waals surface area contributed by atoms with Crippen molar-refractivity contribution >= 4 is 6.03 Å². The summed E-state index contributed by atoms with van der Waals surface area (Å²) < 4.78 is 16.7. The Labute approximate surface area is 146 Å². The normalized spacial score (nSPS) is 15.4. The van der Waals surface area contributed by atoms with Gasteiger partial charge in [-0.1, -0.05) is 18.2 Å². The number of likely N-dealkylation sites (N-methyl/N-ethyl adjacent to an activating group) is 1. The summed E-state index contributed by atoms with van der Waals surface area (Å²) in [5.74, 6) is 1.94. The van der Waals surface area contributed by atoms with Crippen LogP contribution in [0.3, 0.4) is 0 Å². The highest BCUT2D eigenvalue weighted by atomic mass is 16.6. The van der Waals surface area contributed by atoms with Gasteiger partial charge in [0.25, 0.3) is 0 Å². The van der Waals surface area contributed by atoms with Crippen molar-refractivity contribution in [2.75, 3.05) is 27.3 Å². The van der Waals surface area contributed by atoms with Gasteiger partial charge in [0, 0.05) is 25.4 Å². The summed E-state index contributed by atoms with van der Waals surface area (Å²) in [6.45, 7) is 1.17. The molecule has 3 rings (SSSR count). The minimum absolute atomic E-state index is 0.201. The minimum Gasteiger partial charge on any atom is -0.486 e. The molecular formula is C18H21N3O4. The lowest BCUT2D eigenvalue weighted by molar-refractivity contribution is 0.0715. The van der Waals surface area contributed by atoms with Crippen LogP contribution in [0.25, 0.3) is 0 Å². The Kier molecular flexibility index (Phi) is 5.23. The number of benzene rings is 1. The maximum Gasteiger partial charge on any atom is 0.317 e. The molecule has 0 spiro atoms. The summed E-state index contributed by atoms with van der Waals surface area (Å²) in [6.07, 6.45) is 1.44. The average Bonchev–Trinajstić information content (AvgIpc) is 2.66. The third kappa shape index (κ3) is 4.12. The van der Waals surface area contributed by atoms with Crippen LogP contribution < -0.4 is 19.5 Å². The number of carbonyl (C=O) groups is 1. The molecule has 7 nitrogen and oxygen atoms in total. The molecule has 0 aliphatic carbocycles. The molecule has 2 heterocycles. The predicted octanol–water partition coefficient (Wildman–Crippen LogP) is 2.07. The maximum absolute atomic E-state index is 12.3. The van der Waals surface area contributed by atoms with E-state index >= 15 is 0 Å². The fraction of sp³-hybridized carbons (Fsp3) is 0.333. The molecule has 1 aromatic carbocycles. The van der Waals surface area contributed by atoms with Crippen LogP contribution in [-0.2, 0) is 6.54 Å². The fourth-order valence-corrected chi connectivity index (χ4v) is 2.59. The number of pyridine rings is 1. The number of aromatic nitrogens is 1. The number of amides is 2. The lowest BCUT2D eigenvalue weighted by atomic mass is 10.2. The molecule has 1 aliphatic rings. The number of carbonyl (C=O) groups excluding carboxylic acids is 1. The van der Waals surface area contributed by atoms with Crippen LogP contribution in [0.15, 0.2) is 42.6 Å². The number of hydrogen-bond acceptors (Lipinski definition) is 5. The molecule has 0 unspecified atom stereocenters. The molecule has 0 fully saturated rings. The number of urea groups is 1. The van der Waals surface area contributed by atoms with Crippen LogP contribution in [0.1, 0.15) is 5.56 Å². The summed E-state index contributed by atoms with van der Waals surface area (Å²) in [7, 11) is 3.28. The largest absolute Gasteiger partial charge is 0.486 e. The van der Waals surface area contributed by atoms with E-state index in [-0.39, 0.29) is 12.1 Å². The first-order valence-corrected chi connectivity index (χ1v) is 8.02. The van der Waals surface area contributed by atoms with Crippen molar-refractivity contribution in [3.8, 4) is 17.4 Å². The Morgan fingerprint density at radius 2 is 2.12 bits per heavy atom. The van der Waals surface area contributed by atoms with E-state index in [9.17, 15) is 4.79 Å². The second-order valence-electron chi connectivity index (χ2n) is 5.71. The molecule has 25 heavy (non-hydrogen) atoms. The van der Waals surface area contributed by atoms with Gasteiger partial charge in [0.1, 0.15) is 6.61 Å². The van der Waals surface area contributed by atoms with E-state index in [2.05, 4.69) is 10.3 Å². The molecule has 7 heteroatoms. The van der Waals surface area contributed by atoms with Crippen molar-refractivity contribution in [1.29, 1.82) is 0 Å². The standard InChI is InChI=1S/C18H21N3O4/c1-21(11-14-12-24-15-7-3-4-8-16(15)25-14)18(22)20-10-13-6-5-9-19-17(13)23-2/h3-9,14H,10-12H2,1-2H3,(H,20,22)/t14-/m1/s1. The lowest BCUT2D eigenvalue weighted by Crippen LogP contribution is -2.45. The topological polar surface area (TPSA) is 72.9 Å². The molecule has 1 atom stereocenters. The molecule has 2 aromatic rings. The highest BCUT2D eigenvalue weighted by molar-refractivity contribution is 5.73. The van der Waals surface area contributed by atoms with Crippen molar-refractivity contribution in [1.82, 2.24) is 15.2 Å². The highest BCUT2D eigenvalue weighted by Gasteiger charge is 2.23. The number of nitrogens with one attached hydrogen (secondary N) is 1. The summed E-state index contributed by atoms with van der Waals surface area (Å²) in [6, 6.07) is 11.0. The van der Waals surface area contributed by atoms with Gasteiger partial charge in [-0.05, 0) is 18.2 Å². The number of para-hydroxylation sites is 2. The molecule has 1 N–H and O–H groups in total. The molecule has 0 saturated carbocycles. The summed E-state index contributed by atoms with van der Waals surface area (Å²) in [4.78, 5) is 18.0. The number of rotatable bonds is 5. The molecule has 0 bridgehead atoms. The number of nitrogens with zero attached hydrogens (tertiary/aromatic N) is 2. The third-order valence-electron chi connectivity index (χ3n) is 3.87. The van der Waals surface area contributed by atoms with E-state index in [1.165, 1.54) is 0 Å². The average molecular weight is 343 g/mol. The second-order valence-corrected chi connectivity index (χ2v) is 5.71. The number of hydrogen-bond donors (Lipinski definition) is 1. The van der Waals surface area contributed by atoms with Gasteiger partial charge < -0.3 is 24.4 Å². The molecule has 0 radical (unpaired) electrons. The van der Waals surface area contributed by atoms with Crippen LogP contribution in [0.5, 0.6) is 17.4 Å². The second kappa shape index (κ2) is 7.74.